The Labute approximate surface area is 127 Å². The molecule has 1 fully saturated rings. The number of amides is 1. The quantitative estimate of drug-likeness (QED) is 0.902. The number of aryl methyl sites for hydroxylation is 1. The molecule has 116 valence electrons. The summed E-state index contributed by atoms with van der Waals surface area (Å²) in [5.74, 6) is 0.240. The molecule has 21 heavy (non-hydrogen) atoms. The van der Waals surface area contributed by atoms with Crippen LogP contribution in [0.5, 0.6) is 0 Å². The van der Waals surface area contributed by atoms with Crippen LogP contribution in [-0.4, -0.2) is 43.5 Å². The number of carbonyl (C=O) groups is 1. The third-order valence-electron chi connectivity index (χ3n) is 4.23. The number of carbonyl (C=O) groups excluding carboxylic acids is 1. The molecule has 2 N–H and O–H groups in total. The summed E-state index contributed by atoms with van der Waals surface area (Å²) < 4.78 is 0. The fourth-order valence-corrected chi connectivity index (χ4v) is 2.96. The lowest BCUT2D eigenvalue weighted by atomic mass is 10.0. The number of anilines is 1. The molecule has 1 saturated heterocycles. The van der Waals surface area contributed by atoms with Gasteiger partial charge in [-0.2, -0.15) is 0 Å². The van der Waals surface area contributed by atoms with E-state index in [0.29, 0.717) is 6.54 Å². The maximum absolute atomic E-state index is 12.4. The summed E-state index contributed by atoms with van der Waals surface area (Å²) in [5.41, 5.74) is 8.27. The minimum Gasteiger partial charge on any atom is -0.368 e. The van der Waals surface area contributed by atoms with Crippen LogP contribution in [0.2, 0.25) is 0 Å². The van der Waals surface area contributed by atoms with Crippen molar-refractivity contribution in [1.29, 1.82) is 0 Å². The molecule has 0 aliphatic carbocycles. The van der Waals surface area contributed by atoms with Crippen LogP contribution in [0, 0.1) is 12.8 Å². The monoisotopic (exact) mass is 289 g/mol. The Morgan fingerprint density at radius 3 is 2.57 bits per heavy atom. The largest absolute Gasteiger partial charge is 0.368 e. The molecule has 0 radical (unpaired) electrons. The lowest BCUT2D eigenvalue weighted by Gasteiger charge is -2.37. The van der Waals surface area contributed by atoms with Crippen molar-refractivity contribution in [2.45, 2.75) is 26.7 Å². The van der Waals surface area contributed by atoms with Crippen molar-refractivity contribution in [3.05, 3.63) is 29.8 Å². The zero-order valence-electron chi connectivity index (χ0n) is 13.2. The van der Waals surface area contributed by atoms with E-state index >= 15 is 0 Å². The first-order chi connectivity index (χ1) is 10.2. The topological polar surface area (TPSA) is 49.6 Å². The van der Waals surface area contributed by atoms with E-state index in [1.165, 1.54) is 11.3 Å². The minimum absolute atomic E-state index is 0.000481. The van der Waals surface area contributed by atoms with Gasteiger partial charge in [0.05, 0.1) is 5.92 Å². The van der Waals surface area contributed by atoms with Gasteiger partial charge in [-0.1, -0.05) is 25.5 Å². The highest BCUT2D eigenvalue weighted by Crippen LogP contribution is 2.19. The zero-order chi connectivity index (χ0) is 15.2. The summed E-state index contributed by atoms with van der Waals surface area (Å²) in [6.07, 6.45) is 1.91. The maximum Gasteiger partial charge on any atom is 0.227 e. The van der Waals surface area contributed by atoms with Gasteiger partial charge in [-0.05, 0) is 31.0 Å². The zero-order valence-corrected chi connectivity index (χ0v) is 13.2. The maximum atomic E-state index is 12.4. The molecule has 1 aromatic rings. The lowest BCUT2D eigenvalue weighted by molar-refractivity contribution is -0.135. The van der Waals surface area contributed by atoms with Gasteiger partial charge >= 0.3 is 0 Å². The summed E-state index contributed by atoms with van der Waals surface area (Å²) in [5, 5.41) is 0. The summed E-state index contributed by atoms with van der Waals surface area (Å²) >= 11 is 0. The molecule has 4 heteroatoms. The van der Waals surface area contributed by atoms with Gasteiger partial charge in [-0.25, -0.2) is 0 Å². The van der Waals surface area contributed by atoms with Crippen LogP contribution < -0.4 is 10.6 Å². The number of hydrogen-bond donors (Lipinski definition) is 1. The summed E-state index contributed by atoms with van der Waals surface area (Å²) in [6.45, 7) is 8.08. The summed E-state index contributed by atoms with van der Waals surface area (Å²) in [4.78, 5) is 16.8. The molecule has 1 atom stereocenters. The first kappa shape index (κ1) is 15.8. The van der Waals surface area contributed by atoms with E-state index in [9.17, 15) is 4.79 Å². The molecule has 1 amide bonds. The molecular formula is C17H27N3O. The SMILES string of the molecule is CCCC(CN)C(=O)N1CCN(c2cccc(C)c2)CC1. The highest BCUT2D eigenvalue weighted by molar-refractivity contribution is 5.79. The van der Waals surface area contributed by atoms with Crippen LogP contribution in [0.3, 0.4) is 0 Å². The third-order valence-corrected chi connectivity index (χ3v) is 4.23. The predicted octanol–water partition coefficient (Wildman–Crippen LogP) is 2.02. The predicted molar refractivity (Wildman–Crippen MR) is 87.4 cm³/mol. The fourth-order valence-electron chi connectivity index (χ4n) is 2.96. The van der Waals surface area contributed by atoms with Gasteiger partial charge < -0.3 is 15.5 Å². The van der Waals surface area contributed by atoms with E-state index in [0.717, 1.165) is 39.0 Å². The number of piperazine rings is 1. The summed E-state index contributed by atoms with van der Waals surface area (Å²) in [7, 11) is 0. The van der Waals surface area contributed by atoms with E-state index < -0.39 is 0 Å². The number of hydrogen-bond acceptors (Lipinski definition) is 3. The molecule has 1 aromatic carbocycles. The molecule has 1 heterocycles. The normalized spacial score (nSPS) is 16.9. The van der Waals surface area contributed by atoms with Crippen molar-refractivity contribution >= 4 is 11.6 Å². The Bertz CT molecular complexity index is 467. The Morgan fingerprint density at radius 1 is 1.29 bits per heavy atom. The molecule has 0 saturated carbocycles. The van der Waals surface area contributed by atoms with Gasteiger partial charge in [-0.3, -0.25) is 4.79 Å². The lowest BCUT2D eigenvalue weighted by Crippen LogP contribution is -2.51. The smallest absolute Gasteiger partial charge is 0.227 e. The van der Waals surface area contributed by atoms with Crippen molar-refractivity contribution in [2.24, 2.45) is 11.7 Å². The second-order valence-electron chi connectivity index (χ2n) is 5.87. The van der Waals surface area contributed by atoms with Gasteiger partial charge in [0, 0.05) is 38.4 Å². The van der Waals surface area contributed by atoms with Gasteiger partial charge in [-0.15, -0.1) is 0 Å². The molecule has 4 nitrogen and oxygen atoms in total. The molecular weight excluding hydrogens is 262 g/mol. The van der Waals surface area contributed by atoms with Gasteiger partial charge in [0.25, 0.3) is 0 Å². The van der Waals surface area contributed by atoms with Crippen LogP contribution in [0.15, 0.2) is 24.3 Å². The average molecular weight is 289 g/mol. The number of rotatable bonds is 5. The van der Waals surface area contributed by atoms with Crippen molar-refractivity contribution in [3.8, 4) is 0 Å². The third kappa shape index (κ3) is 3.97. The van der Waals surface area contributed by atoms with Crippen LogP contribution >= 0.6 is 0 Å². The van der Waals surface area contributed by atoms with E-state index in [1.807, 2.05) is 4.90 Å². The van der Waals surface area contributed by atoms with E-state index in [2.05, 4.69) is 43.0 Å². The van der Waals surface area contributed by atoms with Gasteiger partial charge in [0.2, 0.25) is 5.91 Å². The van der Waals surface area contributed by atoms with Crippen LogP contribution in [-0.2, 0) is 4.79 Å². The second-order valence-corrected chi connectivity index (χ2v) is 5.87. The van der Waals surface area contributed by atoms with E-state index in [1.54, 1.807) is 0 Å². The van der Waals surface area contributed by atoms with Gasteiger partial charge in [0.1, 0.15) is 0 Å². The van der Waals surface area contributed by atoms with Crippen LogP contribution in [0.25, 0.3) is 0 Å². The van der Waals surface area contributed by atoms with Gasteiger partial charge in [0.15, 0.2) is 0 Å². The first-order valence-corrected chi connectivity index (χ1v) is 7.96. The van der Waals surface area contributed by atoms with E-state index in [-0.39, 0.29) is 11.8 Å². The average Bonchev–Trinajstić information content (AvgIpc) is 2.52. The summed E-state index contributed by atoms with van der Waals surface area (Å²) in [6, 6.07) is 8.55. The van der Waals surface area contributed by atoms with Crippen LogP contribution in [0.1, 0.15) is 25.3 Å². The van der Waals surface area contributed by atoms with Crippen molar-refractivity contribution in [2.75, 3.05) is 37.6 Å². The standard InChI is InChI=1S/C17H27N3O/c1-3-5-15(13-18)17(21)20-10-8-19(9-11-20)16-7-4-6-14(2)12-16/h4,6-7,12,15H,3,5,8-11,13,18H2,1-2H3. The number of benzene rings is 1. The molecule has 1 aliphatic rings. The van der Waals surface area contributed by atoms with Crippen LogP contribution in [0.4, 0.5) is 5.69 Å². The molecule has 0 aromatic heterocycles. The Hall–Kier alpha value is -1.55. The van der Waals surface area contributed by atoms with E-state index in [4.69, 9.17) is 5.73 Å². The Balaban J connectivity index is 1.92. The minimum atomic E-state index is 0.000481. The van der Waals surface area contributed by atoms with Crippen molar-refractivity contribution in [3.63, 3.8) is 0 Å². The fraction of sp³-hybridized carbons (Fsp3) is 0.588. The molecule has 2 rings (SSSR count). The molecule has 0 spiro atoms. The van der Waals surface area contributed by atoms with Crippen molar-refractivity contribution < 1.29 is 4.79 Å². The molecule has 0 bridgehead atoms. The molecule has 1 unspecified atom stereocenters. The Morgan fingerprint density at radius 2 is 2.00 bits per heavy atom. The number of nitrogens with two attached hydrogens (primary N) is 1. The second kappa shape index (κ2) is 7.46. The Kier molecular flexibility index (Phi) is 5.62. The highest BCUT2D eigenvalue weighted by Gasteiger charge is 2.26. The highest BCUT2D eigenvalue weighted by atomic mass is 16.2. The molecule has 1 aliphatic heterocycles. The van der Waals surface area contributed by atoms with Crippen molar-refractivity contribution in [1.82, 2.24) is 4.90 Å². The number of nitrogens with zero attached hydrogens (tertiary/aromatic N) is 2. The first-order valence-electron chi connectivity index (χ1n) is 7.96.